The van der Waals surface area contributed by atoms with E-state index in [1.54, 1.807) is 18.3 Å². The Morgan fingerprint density at radius 2 is 2.00 bits per heavy atom. The van der Waals surface area contributed by atoms with Crippen LogP contribution in [0.2, 0.25) is 0 Å². The summed E-state index contributed by atoms with van der Waals surface area (Å²) in [4.78, 5) is 1.54. The highest BCUT2D eigenvalue weighted by Gasteiger charge is 1.98. The molecule has 1 aromatic heterocycles. The number of aromatic nitrogens is 3. The first-order valence-corrected chi connectivity index (χ1v) is 4.19. The zero-order chi connectivity index (χ0) is 9.97. The summed E-state index contributed by atoms with van der Waals surface area (Å²) in [5.74, 6) is 0. The maximum absolute atomic E-state index is 8.62. The summed E-state index contributed by atoms with van der Waals surface area (Å²) in [6.07, 6.45) is 1.69. The summed E-state index contributed by atoms with van der Waals surface area (Å²) in [6.45, 7) is 1.88. The van der Waals surface area contributed by atoms with Gasteiger partial charge in [0.05, 0.1) is 29.2 Å². The van der Waals surface area contributed by atoms with Gasteiger partial charge in [-0.3, -0.25) is 0 Å². The monoisotopic (exact) mass is 184 g/mol. The Bertz CT molecular complexity index is 476. The number of benzene rings is 1. The highest BCUT2D eigenvalue weighted by Crippen LogP contribution is 2.06. The van der Waals surface area contributed by atoms with Gasteiger partial charge in [0.2, 0.25) is 0 Å². The van der Waals surface area contributed by atoms with Gasteiger partial charge in [-0.15, -0.1) is 0 Å². The first-order valence-electron chi connectivity index (χ1n) is 4.19. The van der Waals surface area contributed by atoms with E-state index in [0.29, 0.717) is 5.56 Å². The van der Waals surface area contributed by atoms with Crippen molar-refractivity contribution in [3.63, 3.8) is 0 Å². The van der Waals surface area contributed by atoms with Crippen LogP contribution in [0.1, 0.15) is 11.3 Å². The third-order valence-electron chi connectivity index (χ3n) is 1.83. The largest absolute Gasteiger partial charge is 0.192 e. The molecule has 0 atom stereocenters. The van der Waals surface area contributed by atoms with Crippen molar-refractivity contribution in [2.75, 3.05) is 0 Å². The SMILES string of the molecule is Cc1cnn(-c2ccc(C#N)cc2)n1. The smallest absolute Gasteiger partial charge is 0.0991 e. The van der Waals surface area contributed by atoms with Crippen LogP contribution < -0.4 is 0 Å². The van der Waals surface area contributed by atoms with Gasteiger partial charge in [0.15, 0.2) is 0 Å². The van der Waals surface area contributed by atoms with Gasteiger partial charge in [-0.2, -0.15) is 20.3 Å². The van der Waals surface area contributed by atoms with Crippen LogP contribution in [0.5, 0.6) is 0 Å². The molecule has 4 heteroatoms. The molecule has 1 aromatic carbocycles. The summed E-state index contributed by atoms with van der Waals surface area (Å²) in [5.41, 5.74) is 2.36. The van der Waals surface area contributed by atoms with Crippen molar-refractivity contribution in [2.45, 2.75) is 6.92 Å². The van der Waals surface area contributed by atoms with Gasteiger partial charge in [0.25, 0.3) is 0 Å². The van der Waals surface area contributed by atoms with Crippen molar-refractivity contribution in [3.05, 3.63) is 41.7 Å². The van der Waals surface area contributed by atoms with Crippen LogP contribution in [-0.2, 0) is 0 Å². The van der Waals surface area contributed by atoms with Gasteiger partial charge in [0, 0.05) is 0 Å². The first-order chi connectivity index (χ1) is 6.79. The minimum atomic E-state index is 0.637. The lowest BCUT2D eigenvalue weighted by Gasteiger charge is -1.97. The quantitative estimate of drug-likeness (QED) is 0.674. The van der Waals surface area contributed by atoms with Crippen LogP contribution in [0.3, 0.4) is 0 Å². The van der Waals surface area contributed by atoms with Crippen LogP contribution >= 0.6 is 0 Å². The fourth-order valence-corrected chi connectivity index (χ4v) is 1.13. The molecule has 0 aliphatic rings. The molecule has 1 heterocycles. The number of aryl methyl sites for hydroxylation is 1. The first kappa shape index (κ1) is 8.45. The van der Waals surface area contributed by atoms with Gasteiger partial charge >= 0.3 is 0 Å². The fourth-order valence-electron chi connectivity index (χ4n) is 1.13. The lowest BCUT2D eigenvalue weighted by molar-refractivity contribution is 0.746. The second-order valence-corrected chi connectivity index (χ2v) is 2.93. The van der Waals surface area contributed by atoms with Gasteiger partial charge < -0.3 is 0 Å². The number of nitrogens with zero attached hydrogens (tertiary/aromatic N) is 4. The Balaban J connectivity index is 2.39. The number of nitriles is 1. The molecule has 0 bridgehead atoms. The molecule has 2 rings (SSSR count). The van der Waals surface area contributed by atoms with E-state index in [-0.39, 0.29) is 0 Å². The predicted octanol–water partition coefficient (Wildman–Crippen LogP) is 1.45. The van der Waals surface area contributed by atoms with Crippen LogP contribution in [-0.4, -0.2) is 15.0 Å². The van der Waals surface area contributed by atoms with E-state index in [1.807, 2.05) is 19.1 Å². The average molecular weight is 184 g/mol. The number of hydrogen-bond acceptors (Lipinski definition) is 3. The maximum atomic E-state index is 8.62. The van der Waals surface area contributed by atoms with Crippen LogP contribution in [0.15, 0.2) is 30.5 Å². The highest BCUT2D eigenvalue weighted by atomic mass is 15.5. The zero-order valence-electron chi connectivity index (χ0n) is 7.68. The number of hydrogen-bond donors (Lipinski definition) is 0. The summed E-state index contributed by atoms with van der Waals surface area (Å²) in [5, 5.41) is 16.8. The lowest BCUT2D eigenvalue weighted by Crippen LogP contribution is -1.98. The minimum absolute atomic E-state index is 0.637. The Labute approximate surface area is 81.4 Å². The number of rotatable bonds is 1. The normalized spacial score (nSPS) is 9.71. The van der Waals surface area contributed by atoms with Crippen molar-refractivity contribution in [2.24, 2.45) is 0 Å². The second-order valence-electron chi connectivity index (χ2n) is 2.93. The molecule has 0 fully saturated rings. The van der Waals surface area contributed by atoms with E-state index >= 15 is 0 Å². The van der Waals surface area contributed by atoms with Crippen molar-refractivity contribution in [1.29, 1.82) is 5.26 Å². The molecule has 0 aliphatic heterocycles. The van der Waals surface area contributed by atoms with Crippen molar-refractivity contribution < 1.29 is 0 Å². The second kappa shape index (κ2) is 3.30. The molecule has 68 valence electrons. The van der Waals surface area contributed by atoms with E-state index in [1.165, 1.54) is 4.80 Å². The van der Waals surface area contributed by atoms with Gasteiger partial charge in [-0.25, -0.2) is 0 Å². The van der Waals surface area contributed by atoms with E-state index in [0.717, 1.165) is 11.4 Å². The zero-order valence-corrected chi connectivity index (χ0v) is 7.68. The van der Waals surface area contributed by atoms with E-state index < -0.39 is 0 Å². The van der Waals surface area contributed by atoms with E-state index in [4.69, 9.17) is 5.26 Å². The van der Waals surface area contributed by atoms with Gasteiger partial charge in [-0.05, 0) is 31.2 Å². The highest BCUT2D eigenvalue weighted by molar-refractivity contribution is 5.37. The summed E-state index contributed by atoms with van der Waals surface area (Å²) in [7, 11) is 0. The maximum Gasteiger partial charge on any atom is 0.0991 e. The third kappa shape index (κ3) is 1.48. The van der Waals surface area contributed by atoms with Crippen LogP contribution in [0.4, 0.5) is 0 Å². The van der Waals surface area contributed by atoms with E-state index in [9.17, 15) is 0 Å². The molecule has 0 aliphatic carbocycles. The fraction of sp³-hybridized carbons (Fsp3) is 0.100. The third-order valence-corrected chi connectivity index (χ3v) is 1.83. The standard InChI is InChI=1S/C10H8N4/c1-8-7-12-14(13-8)10-4-2-9(6-11)3-5-10/h2-5,7H,1H3. The molecule has 2 aromatic rings. The molecule has 0 saturated carbocycles. The van der Waals surface area contributed by atoms with Gasteiger partial charge in [-0.1, -0.05) is 0 Å². The molecule has 0 spiro atoms. The Kier molecular flexibility index (Phi) is 1.99. The molecule has 0 saturated heterocycles. The molecular formula is C10H8N4. The van der Waals surface area contributed by atoms with Crippen molar-refractivity contribution in [3.8, 4) is 11.8 Å². The molecule has 0 unspecified atom stereocenters. The summed E-state index contributed by atoms with van der Waals surface area (Å²) < 4.78 is 0. The van der Waals surface area contributed by atoms with Gasteiger partial charge in [0.1, 0.15) is 0 Å². The topological polar surface area (TPSA) is 54.5 Å². The van der Waals surface area contributed by atoms with Crippen molar-refractivity contribution >= 4 is 0 Å². The van der Waals surface area contributed by atoms with E-state index in [2.05, 4.69) is 16.3 Å². The average Bonchev–Trinajstić information content (AvgIpc) is 2.65. The Morgan fingerprint density at radius 3 is 2.50 bits per heavy atom. The lowest BCUT2D eigenvalue weighted by atomic mass is 10.2. The predicted molar refractivity (Wildman–Crippen MR) is 50.8 cm³/mol. The Hall–Kier alpha value is -2.15. The molecule has 0 radical (unpaired) electrons. The molecule has 0 N–H and O–H groups in total. The molecular weight excluding hydrogens is 176 g/mol. The molecule has 4 nitrogen and oxygen atoms in total. The molecule has 14 heavy (non-hydrogen) atoms. The van der Waals surface area contributed by atoms with Crippen LogP contribution in [0.25, 0.3) is 5.69 Å². The molecule has 0 amide bonds. The summed E-state index contributed by atoms with van der Waals surface area (Å²) >= 11 is 0. The minimum Gasteiger partial charge on any atom is -0.192 e. The van der Waals surface area contributed by atoms with Crippen molar-refractivity contribution in [1.82, 2.24) is 15.0 Å². The Morgan fingerprint density at radius 1 is 1.29 bits per heavy atom. The van der Waals surface area contributed by atoms with Crippen LogP contribution in [0, 0.1) is 18.3 Å². The summed E-state index contributed by atoms with van der Waals surface area (Å²) in [6, 6.07) is 9.18.